The van der Waals surface area contributed by atoms with Gasteiger partial charge in [0.2, 0.25) is 0 Å². The summed E-state index contributed by atoms with van der Waals surface area (Å²) in [5.41, 5.74) is 0. The van der Waals surface area contributed by atoms with Crippen LogP contribution in [0.15, 0.2) is 24.5 Å². The Bertz CT molecular complexity index is 608. The maximum absolute atomic E-state index is 12.4. The molecule has 2 saturated heterocycles. The minimum absolute atomic E-state index is 0.0682. The normalized spacial score (nSPS) is 28.7. The van der Waals surface area contributed by atoms with Crippen LogP contribution in [0.1, 0.15) is 22.5 Å². The van der Waals surface area contributed by atoms with Crippen molar-refractivity contribution in [1.82, 2.24) is 15.2 Å². The molecule has 0 saturated carbocycles. The molecule has 0 aliphatic carbocycles. The van der Waals surface area contributed by atoms with Gasteiger partial charge in [-0.15, -0.1) is 11.3 Å². The van der Waals surface area contributed by atoms with Crippen LogP contribution in [0.5, 0.6) is 0 Å². The Morgan fingerprint density at radius 1 is 1.45 bits per heavy atom. The van der Waals surface area contributed by atoms with E-state index in [2.05, 4.69) is 15.2 Å². The van der Waals surface area contributed by atoms with Crippen LogP contribution in [0.4, 0.5) is 0 Å². The number of thiophene rings is 1. The fraction of sp³-hybridized carbons (Fsp3) is 0.467. The number of fused-ring (bicyclic) bond motifs is 3. The molecule has 4 rings (SSSR count). The lowest BCUT2D eigenvalue weighted by atomic mass is 9.97. The second kappa shape index (κ2) is 4.82. The summed E-state index contributed by atoms with van der Waals surface area (Å²) in [5.74, 6) is 0.847. The van der Waals surface area contributed by atoms with E-state index in [4.69, 9.17) is 0 Å². The molecule has 1 amide bonds. The zero-order valence-corrected chi connectivity index (χ0v) is 12.0. The van der Waals surface area contributed by atoms with Gasteiger partial charge in [-0.25, -0.2) is 0 Å². The van der Waals surface area contributed by atoms with Crippen LogP contribution in [0, 0.1) is 5.92 Å². The molecule has 104 valence electrons. The SMILES string of the molecule is O=C(N[C@@H]1C[C@H]2CCN(C2)C1)c1cc2ccncc2s1. The van der Waals surface area contributed by atoms with Crippen molar-refractivity contribution in [3.05, 3.63) is 29.4 Å². The number of hydrogen-bond donors (Lipinski definition) is 1. The highest BCUT2D eigenvalue weighted by Gasteiger charge is 2.33. The molecule has 5 heteroatoms. The third-order valence-electron chi connectivity index (χ3n) is 4.35. The van der Waals surface area contributed by atoms with Gasteiger partial charge in [0.1, 0.15) is 0 Å². The largest absolute Gasteiger partial charge is 0.347 e. The van der Waals surface area contributed by atoms with E-state index in [0.717, 1.165) is 33.8 Å². The maximum Gasteiger partial charge on any atom is 0.261 e. The van der Waals surface area contributed by atoms with Gasteiger partial charge >= 0.3 is 0 Å². The zero-order valence-electron chi connectivity index (χ0n) is 11.2. The Morgan fingerprint density at radius 3 is 3.25 bits per heavy atom. The Morgan fingerprint density at radius 2 is 2.40 bits per heavy atom. The molecule has 3 atom stereocenters. The first-order valence-electron chi connectivity index (χ1n) is 7.15. The standard InChI is InChI=1S/C15H17N3OS/c19-15(13-6-11-1-3-16-7-14(11)20-13)17-12-5-10-2-4-18(8-10)9-12/h1,3,6-7,10,12H,2,4-5,8-9H2,(H,17,19)/t10-,12-/m1/s1. The lowest BCUT2D eigenvalue weighted by molar-refractivity contribution is 0.0913. The number of nitrogens with one attached hydrogen (secondary N) is 1. The van der Waals surface area contributed by atoms with Gasteiger partial charge in [-0.05, 0) is 42.8 Å². The van der Waals surface area contributed by atoms with Crippen molar-refractivity contribution >= 4 is 27.3 Å². The monoisotopic (exact) mass is 287 g/mol. The van der Waals surface area contributed by atoms with Gasteiger partial charge in [0, 0.05) is 31.5 Å². The Balaban J connectivity index is 1.49. The van der Waals surface area contributed by atoms with Crippen molar-refractivity contribution in [3.63, 3.8) is 0 Å². The topological polar surface area (TPSA) is 45.2 Å². The molecule has 0 radical (unpaired) electrons. The smallest absolute Gasteiger partial charge is 0.261 e. The summed E-state index contributed by atoms with van der Waals surface area (Å²) in [6.45, 7) is 3.43. The van der Waals surface area contributed by atoms with Crippen molar-refractivity contribution in [1.29, 1.82) is 0 Å². The molecule has 1 N–H and O–H groups in total. The molecule has 2 aliphatic heterocycles. The van der Waals surface area contributed by atoms with Crippen LogP contribution >= 0.6 is 11.3 Å². The number of carbonyl (C=O) groups is 1. The second-order valence-corrected chi connectivity index (χ2v) is 6.93. The molecule has 2 aliphatic rings. The van der Waals surface area contributed by atoms with Crippen LogP contribution in [0.25, 0.3) is 10.1 Å². The van der Waals surface area contributed by atoms with Crippen LogP contribution in [0.2, 0.25) is 0 Å². The van der Waals surface area contributed by atoms with E-state index in [0.29, 0.717) is 6.04 Å². The summed E-state index contributed by atoms with van der Waals surface area (Å²) < 4.78 is 1.07. The average molecular weight is 287 g/mol. The quantitative estimate of drug-likeness (QED) is 0.920. The number of amides is 1. The van der Waals surface area contributed by atoms with E-state index in [1.807, 2.05) is 18.3 Å². The highest BCUT2D eigenvalue weighted by atomic mass is 32.1. The van der Waals surface area contributed by atoms with E-state index >= 15 is 0 Å². The van der Waals surface area contributed by atoms with E-state index in [1.54, 1.807) is 6.20 Å². The maximum atomic E-state index is 12.4. The van der Waals surface area contributed by atoms with Crippen molar-refractivity contribution < 1.29 is 4.79 Å². The lowest BCUT2D eigenvalue weighted by Gasteiger charge is -2.30. The van der Waals surface area contributed by atoms with E-state index < -0.39 is 0 Å². The minimum Gasteiger partial charge on any atom is -0.347 e. The molecule has 1 unspecified atom stereocenters. The van der Waals surface area contributed by atoms with Gasteiger partial charge in [0.15, 0.2) is 0 Å². The summed E-state index contributed by atoms with van der Waals surface area (Å²) in [6, 6.07) is 4.23. The Kier molecular flexibility index (Phi) is 2.97. The third kappa shape index (κ3) is 2.21. The molecule has 2 aromatic heterocycles. The second-order valence-electron chi connectivity index (χ2n) is 5.84. The summed E-state index contributed by atoms with van der Waals surface area (Å²) in [6.07, 6.45) is 6.02. The molecule has 20 heavy (non-hydrogen) atoms. The number of hydrogen-bond acceptors (Lipinski definition) is 4. The van der Waals surface area contributed by atoms with Gasteiger partial charge < -0.3 is 10.2 Å². The summed E-state index contributed by atoms with van der Waals surface area (Å²) in [5, 5.41) is 4.31. The number of rotatable bonds is 2. The fourth-order valence-corrected chi connectivity index (χ4v) is 4.35. The first-order chi connectivity index (χ1) is 9.78. The van der Waals surface area contributed by atoms with Gasteiger partial charge in [-0.2, -0.15) is 0 Å². The van der Waals surface area contributed by atoms with Crippen molar-refractivity contribution in [3.8, 4) is 0 Å². The van der Waals surface area contributed by atoms with Gasteiger partial charge in [-0.3, -0.25) is 9.78 Å². The van der Waals surface area contributed by atoms with Crippen molar-refractivity contribution in [2.75, 3.05) is 19.6 Å². The third-order valence-corrected chi connectivity index (χ3v) is 5.43. The predicted molar refractivity (Wildman–Crippen MR) is 80.0 cm³/mol. The average Bonchev–Trinajstić information content (AvgIpc) is 3.02. The number of pyridine rings is 1. The van der Waals surface area contributed by atoms with Crippen LogP contribution in [-0.2, 0) is 0 Å². The lowest BCUT2D eigenvalue weighted by Crippen LogP contribution is -2.46. The van der Waals surface area contributed by atoms with Gasteiger partial charge in [0.05, 0.1) is 9.58 Å². The van der Waals surface area contributed by atoms with Gasteiger partial charge in [0.25, 0.3) is 5.91 Å². The van der Waals surface area contributed by atoms with Crippen LogP contribution in [0.3, 0.4) is 0 Å². The first-order valence-corrected chi connectivity index (χ1v) is 7.96. The van der Waals surface area contributed by atoms with E-state index in [-0.39, 0.29) is 5.91 Å². The number of piperidine rings is 1. The summed E-state index contributed by atoms with van der Waals surface area (Å²) >= 11 is 1.52. The van der Waals surface area contributed by atoms with Crippen LogP contribution < -0.4 is 5.32 Å². The summed E-state index contributed by atoms with van der Waals surface area (Å²) in [4.78, 5) is 19.7. The van der Waals surface area contributed by atoms with Crippen molar-refractivity contribution in [2.45, 2.75) is 18.9 Å². The molecule has 0 spiro atoms. The molecule has 0 aromatic carbocycles. The van der Waals surface area contributed by atoms with Gasteiger partial charge in [-0.1, -0.05) is 0 Å². The highest BCUT2D eigenvalue weighted by molar-refractivity contribution is 7.20. The molecule has 2 bridgehead atoms. The molecule has 2 aromatic rings. The minimum atomic E-state index is 0.0682. The number of carbonyl (C=O) groups excluding carboxylic acids is 1. The molecule has 2 fully saturated rings. The molecular formula is C15H17N3OS. The number of nitrogens with zero attached hydrogens (tertiary/aromatic N) is 2. The molecule has 4 nitrogen and oxygen atoms in total. The zero-order chi connectivity index (χ0) is 13.5. The molecular weight excluding hydrogens is 270 g/mol. The Labute approximate surface area is 121 Å². The van der Waals surface area contributed by atoms with Crippen LogP contribution in [-0.4, -0.2) is 41.5 Å². The fourth-order valence-electron chi connectivity index (χ4n) is 3.42. The predicted octanol–water partition coefficient (Wildman–Crippen LogP) is 2.12. The number of aromatic nitrogens is 1. The van der Waals surface area contributed by atoms with E-state index in [9.17, 15) is 4.79 Å². The Hall–Kier alpha value is -1.46. The molecule has 4 heterocycles. The highest BCUT2D eigenvalue weighted by Crippen LogP contribution is 2.28. The summed E-state index contributed by atoms with van der Waals surface area (Å²) in [7, 11) is 0. The van der Waals surface area contributed by atoms with E-state index in [1.165, 1.54) is 30.8 Å². The first kappa shape index (κ1) is 12.3. The van der Waals surface area contributed by atoms with Crippen molar-refractivity contribution in [2.24, 2.45) is 5.92 Å².